The number of carbonyl (C=O) groups excluding carboxylic acids is 4. The van der Waals surface area contributed by atoms with Crippen LogP contribution in [0.4, 0.5) is 4.39 Å². The van der Waals surface area contributed by atoms with Crippen molar-refractivity contribution in [3.8, 4) is 0 Å². The van der Waals surface area contributed by atoms with Crippen molar-refractivity contribution in [3.63, 3.8) is 0 Å². The van der Waals surface area contributed by atoms with E-state index in [1.807, 2.05) is 0 Å². The largest absolute Gasteiger partial charge is 0.369 e. The van der Waals surface area contributed by atoms with Crippen molar-refractivity contribution in [2.24, 2.45) is 23.5 Å². The third-order valence-electron chi connectivity index (χ3n) is 12.4. The highest BCUT2D eigenvalue weighted by Gasteiger charge is 2.62. The molecule has 0 spiro atoms. The topological polar surface area (TPSA) is 129 Å². The van der Waals surface area contributed by atoms with Crippen LogP contribution in [0.3, 0.4) is 0 Å². The van der Waals surface area contributed by atoms with Gasteiger partial charge < -0.3 is 30.5 Å². The number of alkyl halides is 1. The fourth-order valence-electron chi connectivity index (χ4n) is 9.84. The first-order chi connectivity index (χ1) is 23.2. The maximum absolute atomic E-state index is 16.3. The Hall–Kier alpha value is -3.03. The number of nitrogens with one attached hydrogen (secondary N) is 1. The van der Waals surface area contributed by atoms with Crippen molar-refractivity contribution in [3.05, 3.63) is 47.2 Å². The van der Waals surface area contributed by atoms with E-state index in [2.05, 4.69) is 32.0 Å². The smallest absolute Gasteiger partial charge is 0.256 e. The highest BCUT2D eigenvalue weighted by molar-refractivity contribution is 6.20. The Labute approximate surface area is 281 Å². The molecule has 2 saturated carbocycles. The van der Waals surface area contributed by atoms with E-state index in [0.717, 1.165) is 45.6 Å². The highest BCUT2D eigenvalue weighted by Crippen LogP contribution is 2.50. The normalized spacial score (nSPS) is 38.5. The van der Waals surface area contributed by atoms with Gasteiger partial charge in [0.05, 0.1) is 35.9 Å². The van der Waals surface area contributed by atoms with E-state index in [1.165, 1.54) is 0 Å². The Morgan fingerprint density at radius 1 is 0.938 bits per heavy atom. The first-order valence-electron chi connectivity index (χ1n) is 17.9. The molecule has 0 radical (unpaired) electrons. The number of rotatable bonds is 6. The first kappa shape index (κ1) is 32.2. The lowest BCUT2D eigenvalue weighted by Gasteiger charge is -2.61. The molecule has 3 N–H and O–H groups in total. The Kier molecular flexibility index (Phi) is 8.51. The monoisotopic (exact) mass is 662 g/mol. The molecule has 1 aromatic rings. The number of piperazine rings is 1. The zero-order chi connectivity index (χ0) is 33.3. The Bertz CT molecular complexity index is 1510. The van der Waals surface area contributed by atoms with Crippen LogP contribution in [0.15, 0.2) is 36.0 Å². The summed E-state index contributed by atoms with van der Waals surface area (Å²) in [6.07, 6.45) is 1.46. The molecule has 4 aliphatic heterocycles. The fourth-order valence-corrected chi connectivity index (χ4v) is 9.84. The van der Waals surface area contributed by atoms with Crippen LogP contribution in [-0.4, -0.2) is 145 Å². The van der Waals surface area contributed by atoms with E-state index < -0.39 is 54.1 Å². The van der Waals surface area contributed by atoms with Crippen LogP contribution in [0.2, 0.25) is 0 Å². The summed E-state index contributed by atoms with van der Waals surface area (Å²) in [6.45, 7) is 6.53. The van der Waals surface area contributed by atoms with Gasteiger partial charge in [-0.15, -0.1) is 0 Å². The Morgan fingerprint density at radius 3 is 2.33 bits per heavy atom. The van der Waals surface area contributed by atoms with Gasteiger partial charge in [0, 0.05) is 86.9 Å². The molecule has 10 unspecified atom stereocenters. The van der Waals surface area contributed by atoms with Crippen molar-refractivity contribution in [2.75, 3.05) is 59.4 Å². The number of Topliss-reactive ketones (excluding diaryl/α,β-unsaturated/α-hetero) is 3. The number of morpholine rings is 1. The van der Waals surface area contributed by atoms with Crippen LogP contribution in [0.1, 0.15) is 52.8 Å². The van der Waals surface area contributed by atoms with Gasteiger partial charge in [-0.1, -0.05) is 24.3 Å². The summed E-state index contributed by atoms with van der Waals surface area (Å²) in [7, 11) is 2.12. The molecular weight excluding hydrogens is 615 g/mol. The van der Waals surface area contributed by atoms with Crippen molar-refractivity contribution >= 4 is 23.3 Å². The second-order valence-corrected chi connectivity index (χ2v) is 15.2. The maximum Gasteiger partial charge on any atom is 0.256 e. The third kappa shape index (κ3) is 5.44. The number of nitrogens with two attached hydrogens (primary N) is 1. The van der Waals surface area contributed by atoms with Gasteiger partial charge in [0.25, 0.3) is 5.91 Å². The quantitative estimate of drug-likeness (QED) is 0.335. The SMILES string of the molecule is CN1CCN(CCCNC(=O)C2=CN3C4CC5C(=O)c6ccccc6C(=O)C5CC4OC4C(N5CCC(N)C5)C(F)CC(C2=O)C43)CC1. The van der Waals surface area contributed by atoms with Gasteiger partial charge in [-0.05, 0) is 45.7 Å². The average molecular weight is 663 g/mol. The molecular formula is C36H47FN6O5. The van der Waals surface area contributed by atoms with Crippen LogP contribution in [-0.2, 0) is 14.3 Å². The molecule has 3 aliphatic carbocycles. The number of likely N-dealkylation sites (N-methyl/N-ethyl adjacent to an activating group) is 1. The molecule has 10 atom stereocenters. The lowest BCUT2D eigenvalue weighted by molar-refractivity contribution is -0.214. The lowest BCUT2D eigenvalue weighted by atomic mass is 9.63. The number of likely N-dealkylation sites (tertiary alicyclic amines) is 1. The number of hydrogen-bond donors (Lipinski definition) is 2. The predicted octanol–water partition coefficient (Wildman–Crippen LogP) is 0.878. The number of carbonyl (C=O) groups is 4. The summed E-state index contributed by atoms with van der Waals surface area (Å²) in [5.41, 5.74) is 7.21. The number of ether oxygens (including phenoxy) is 1. The van der Waals surface area contributed by atoms with E-state index in [0.29, 0.717) is 43.6 Å². The number of halogens is 1. The third-order valence-corrected chi connectivity index (χ3v) is 12.4. The summed E-state index contributed by atoms with van der Waals surface area (Å²) in [4.78, 5) is 64.1. The number of fused-ring (bicyclic) bond motifs is 4. The molecule has 258 valence electrons. The lowest BCUT2D eigenvalue weighted by Crippen LogP contribution is -2.74. The second-order valence-electron chi connectivity index (χ2n) is 15.2. The summed E-state index contributed by atoms with van der Waals surface area (Å²) >= 11 is 0. The molecule has 0 aromatic heterocycles. The molecule has 8 rings (SSSR count). The summed E-state index contributed by atoms with van der Waals surface area (Å²) in [6, 6.07) is 5.56. The highest BCUT2D eigenvalue weighted by atomic mass is 19.1. The summed E-state index contributed by atoms with van der Waals surface area (Å²) in [5.74, 6) is -2.67. The summed E-state index contributed by atoms with van der Waals surface area (Å²) in [5, 5.41) is 2.97. The van der Waals surface area contributed by atoms with Crippen LogP contribution >= 0.6 is 0 Å². The van der Waals surface area contributed by atoms with Crippen molar-refractivity contribution < 1.29 is 28.3 Å². The fraction of sp³-hybridized carbons (Fsp3) is 0.667. The zero-order valence-electron chi connectivity index (χ0n) is 27.6. The number of amides is 1. The van der Waals surface area contributed by atoms with E-state index in [-0.39, 0.29) is 41.4 Å². The van der Waals surface area contributed by atoms with Gasteiger partial charge >= 0.3 is 0 Å². The molecule has 11 nitrogen and oxygen atoms in total. The summed E-state index contributed by atoms with van der Waals surface area (Å²) < 4.78 is 23.2. The van der Waals surface area contributed by atoms with E-state index in [1.54, 1.807) is 30.5 Å². The number of nitrogens with zero attached hydrogens (tertiary/aromatic N) is 4. The second kappa shape index (κ2) is 12.7. The molecule has 5 fully saturated rings. The average Bonchev–Trinajstić information content (AvgIpc) is 3.52. The standard InChI is InChI=1S/C36H47FN6O5/c1-40-11-13-41(14-12-40)9-4-8-39-36(47)26-19-43-28-16-23-24(33(45)22-6-3-2-5-21(22)32(23)44)17-29(28)48-35-30(43)25(34(26)46)15-27(37)31(35)42-10-7-20(38)18-42/h2-3,5-6,19-20,23-25,27-31,35H,4,7-18,38H2,1H3,(H,39,47). The van der Waals surface area contributed by atoms with Gasteiger partial charge in [-0.25, -0.2) is 4.39 Å². The molecule has 0 bridgehead atoms. The van der Waals surface area contributed by atoms with Crippen molar-refractivity contribution in [2.45, 2.75) is 74.7 Å². The van der Waals surface area contributed by atoms with Crippen molar-refractivity contribution in [1.29, 1.82) is 0 Å². The van der Waals surface area contributed by atoms with Gasteiger partial charge in [0.1, 0.15) is 6.17 Å². The number of ketones is 3. The van der Waals surface area contributed by atoms with Gasteiger partial charge in [-0.3, -0.25) is 24.1 Å². The van der Waals surface area contributed by atoms with Crippen LogP contribution in [0, 0.1) is 17.8 Å². The Morgan fingerprint density at radius 2 is 1.65 bits per heavy atom. The minimum atomic E-state index is -1.34. The van der Waals surface area contributed by atoms with E-state index in [9.17, 15) is 19.2 Å². The zero-order valence-corrected chi connectivity index (χ0v) is 27.6. The number of hydrogen-bond acceptors (Lipinski definition) is 10. The minimum Gasteiger partial charge on any atom is -0.369 e. The predicted molar refractivity (Wildman–Crippen MR) is 175 cm³/mol. The molecule has 3 saturated heterocycles. The van der Waals surface area contributed by atoms with Crippen LogP contribution in [0.5, 0.6) is 0 Å². The van der Waals surface area contributed by atoms with Gasteiger partial charge in [0.2, 0.25) is 0 Å². The molecule has 48 heavy (non-hydrogen) atoms. The molecule has 1 amide bonds. The minimum absolute atomic E-state index is 0.00147. The maximum atomic E-state index is 16.3. The van der Waals surface area contributed by atoms with Gasteiger partial charge in [0.15, 0.2) is 17.3 Å². The molecule has 1 aromatic carbocycles. The molecule has 12 heteroatoms. The van der Waals surface area contributed by atoms with Crippen molar-refractivity contribution in [1.82, 2.24) is 24.9 Å². The van der Waals surface area contributed by atoms with Crippen LogP contribution < -0.4 is 11.1 Å². The van der Waals surface area contributed by atoms with Crippen LogP contribution in [0.25, 0.3) is 0 Å². The first-order valence-corrected chi connectivity index (χ1v) is 17.9. The van der Waals surface area contributed by atoms with E-state index >= 15 is 4.39 Å². The molecule has 4 heterocycles. The van der Waals surface area contributed by atoms with E-state index in [4.69, 9.17) is 10.5 Å². The molecule has 7 aliphatic rings. The van der Waals surface area contributed by atoms with Gasteiger partial charge in [-0.2, -0.15) is 0 Å². The number of benzene rings is 1. The Balaban J connectivity index is 1.08.